The highest BCUT2D eigenvalue weighted by Crippen LogP contribution is 2.36. The van der Waals surface area contributed by atoms with Gasteiger partial charge in [0.2, 0.25) is 0 Å². The van der Waals surface area contributed by atoms with Crippen LogP contribution in [0.4, 0.5) is 0 Å². The van der Waals surface area contributed by atoms with Gasteiger partial charge in [0, 0.05) is 27.6 Å². The molecule has 0 bridgehead atoms. The fourth-order valence-electron chi connectivity index (χ4n) is 4.04. The Balaban J connectivity index is 1.78. The van der Waals surface area contributed by atoms with E-state index in [-0.39, 0.29) is 0 Å². The summed E-state index contributed by atoms with van der Waals surface area (Å²) >= 11 is 12.4. The van der Waals surface area contributed by atoms with Gasteiger partial charge in [0.05, 0.1) is 11.4 Å². The summed E-state index contributed by atoms with van der Waals surface area (Å²) in [5.74, 6) is 0. The minimum absolute atomic E-state index is 0.721. The maximum atomic E-state index is 6.21. The summed E-state index contributed by atoms with van der Waals surface area (Å²) in [7, 11) is 0. The average Bonchev–Trinajstić information content (AvgIpc) is 2.87. The molecule has 0 spiro atoms. The predicted molar refractivity (Wildman–Crippen MR) is 140 cm³/mol. The summed E-state index contributed by atoms with van der Waals surface area (Å²) in [6.45, 7) is 0. The summed E-state index contributed by atoms with van der Waals surface area (Å²) < 4.78 is 0. The summed E-state index contributed by atoms with van der Waals surface area (Å²) in [6, 6.07) is 38.9. The second kappa shape index (κ2) is 9.62. The Hall–Kier alpha value is -3.39. The normalized spacial score (nSPS) is 10.8. The van der Waals surface area contributed by atoms with Crippen molar-refractivity contribution in [1.29, 1.82) is 0 Å². The van der Waals surface area contributed by atoms with Crippen molar-refractivity contribution in [2.24, 2.45) is 0 Å². The molecule has 0 aliphatic rings. The van der Waals surface area contributed by atoms with E-state index in [4.69, 9.17) is 28.2 Å². The smallest absolute Gasteiger partial charge is 0.0751 e. The molecule has 33 heavy (non-hydrogen) atoms. The number of nitrogens with zero attached hydrogens (tertiary/aromatic N) is 1. The first kappa shape index (κ1) is 21.5. The highest BCUT2D eigenvalue weighted by atomic mass is 35.5. The minimum atomic E-state index is 0.721. The molecule has 0 aliphatic carbocycles. The topological polar surface area (TPSA) is 12.9 Å². The van der Waals surface area contributed by atoms with Crippen molar-refractivity contribution < 1.29 is 0 Å². The van der Waals surface area contributed by atoms with E-state index in [0.29, 0.717) is 0 Å². The van der Waals surface area contributed by atoms with Gasteiger partial charge in [-0.3, -0.25) is 0 Å². The molecule has 3 heteroatoms. The molecule has 0 amide bonds. The molecule has 160 valence electrons. The molecule has 4 aromatic carbocycles. The van der Waals surface area contributed by atoms with Crippen LogP contribution < -0.4 is 0 Å². The van der Waals surface area contributed by atoms with E-state index in [1.807, 2.05) is 48.5 Å². The van der Waals surface area contributed by atoms with Gasteiger partial charge in [-0.25, -0.2) is 4.98 Å². The Morgan fingerprint density at radius 3 is 1.70 bits per heavy atom. The Labute approximate surface area is 204 Å². The van der Waals surface area contributed by atoms with E-state index >= 15 is 0 Å². The number of pyridine rings is 1. The number of rotatable bonds is 5. The molecule has 0 fully saturated rings. The molecule has 0 atom stereocenters. The van der Waals surface area contributed by atoms with E-state index in [0.717, 1.165) is 50.1 Å². The van der Waals surface area contributed by atoms with Crippen LogP contribution in [0.25, 0.3) is 33.6 Å². The second-order valence-corrected chi connectivity index (χ2v) is 8.80. The molecule has 1 nitrogen and oxygen atoms in total. The lowest BCUT2D eigenvalue weighted by atomic mass is 9.90. The number of hydrogen-bond acceptors (Lipinski definition) is 1. The van der Waals surface area contributed by atoms with E-state index in [1.165, 1.54) is 11.1 Å². The lowest BCUT2D eigenvalue weighted by Crippen LogP contribution is -2.01. The van der Waals surface area contributed by atoms with Crippen molar-refractivity contribution in [1.82, 2.24) is 4.98 Å². The standard InChI is InChI=1S/C30H21Cl2N/c31-25-15-11-21(12-16-25)19-28-27(22-13-17-26(32)18-14-22)20-29(23-7-3-1-4-8-23)33-30(28)24-9-5-2-6-10-24/h1-18,20H,19H2. The molecule has 0 saturated carbocycles. The van der Waals surface area contributed by atoms with Crippen molar-refractivity contribution in [3.8, 4) is 33.6 Å². The summed E-state index contributed by atoms with van der Waals surface area (Å²) in [6.07, 6.45) is 0.738. The molecule has 5 rings (SSSR count). The third kappa shape index (κ3) is 4.85. The maximum absolute atomic E-state index is 6.21. The summed E-state index contributed by atoms with van der Waals surface area (Å²) in [4.78, 5) is 5.18. The van der Waals surface area contributed by atoms with Gasteiger partial charge in [-0.05, 0) is 52.6 Å². The molecule has 0 radical (unpaired) electrons. The van der Waals surface area contributed by atoms with E-state index in [2.05, 4.69) is 66.7 Å². The summed E-state index contributed by atoms with van der Waals surface area (Å²) in [5.41, 5.74) is 8.72. The molecule has 0 aliphatic heterocycles. The molecule has 0 unspecified atom stereocenters. The zero-order valence-corrected chi connectivity index (χ0v) is 19.4. The zero-order chi connectivity index (χ0) is 22.6. The SMILES string of the molecule is Clc1ccc(Cc2c(-c3ccc(Cl)cc3)cc(-c3ccccc3)nc2-c2ccccc2)cc1. The molecule has 0 saturated heterocycles. The van der Waals surface area contributed by atoms with E-state index < -0.39 is 0 Å². The van der Waals surface area contributed by atoms with Gasteiger partial charge in [-0.15, -0.1) is 0 Å². The van der Waals surface area contributed by atoms with Crippen LogP contribution in [-0.2, 0) is 6.42 Å². The van der Waals surface area contributed by atoms with E-state index in [9.17, 15) is 0 Å². The van der Waals surface area contributed by atoms with Crippen LogP contribution in [0.5, 0.6) is 0 Å². The third-order valence-corrected chi connectivity index (χ3v) is 6.19. The number of benzene rings is 4. The van der Waals surface area contributed by atoms with Crippen molar-refractivity contribution >= 4 is 23.2 Å². The van der Waals surface area contributed by atoms with Crippen molar-refractivity contribution in [3.05, 3.63) is 136 Å². The van der Waals surface area contributed by atoms with Gasteiger partial charge >= 0.3 is 0 Å². The third-order valence-electron chi connectivity index (χ3n) is 5.69. The molecular weight excluding hydrogens is 445 g/mol. The Kier molecular flexibility index (Phi) is 6.26. The van der Waals surface area contributed by atoms with Crippen LogP contribution in [0.3, 0.4) is 0 Å². The van der Waals surface area contributed by atoms with Crippen molar-refractivity contribution in [2.45, 2.75) is 6.42 Å². The van der Waals surface area contributed by atoms with Gasteiger partial charge in [-0.1, -0.05) is 108 Å². The van der Waals surface area contributed by atoms with Crippen LogP contribution >= 0.6 is 23.2 Å². The predicted octanol–water partition coefficient (Wildman–Crippen LogP) is 8.98. The van der Waals surface area contributed by atoms with Gasteiger partial charge in [0.25, 0.3) is 0 Å². The van der Waals surface area contributed by atoms with E-state index in [1.54, 1.807) is 0 Å². The molecule has 1 aromatic heterocycles. The Bertz CT molecular complexity index is 1360. The number of hydrogen-bond donors (Lipinski definition) is 0. The van der Waals surface area contributed by atoms with Gasteiger partial charge < -0.3 is 0 Å². The highest BCUT2D eigenvalue weighted by molar-refractivity contribution is 6.30. The molecular formula is C30H21Cl2N. The largest absolute Gasteiger partial charge is 0.247 e. The first-order valence-corrected chi connectivity index (χ1v) is 11.6. The maximum Gasteiger partial charge on any atom is 0.0751 e. The molecule has 1 heterocycles. The Morgan fingerprint density at radius 2 is 1.09 bits per heavy atom. The molecule has 5 aromatic rings. The quantitative estimate of drug-likeness (QED) is 0.252. The lowest BCUT2D eigenvalue weighted by molar-refractivity contribution is 1.15. The van der Waals surface area contributed by atoms with Gasteiger partial charge in [0.15, 0.2) is 0 Å². The fraction of sp³-hybridized carbons (Fsp3) is 0.0333. The Morgan fingerprint density at radius 1 is 0.545 bits per heavy atom. The summed E-state index contributed by atoms with van der Waals surface area (Å²) in [5, 5.41) is 1.45. The first-order valence-electron chi connectivity index (χ1n) is 10.8. The minimum Gasteiger partial charge on any atom is -0.247 e. The fourth-order valence-corrected chi connectivity index (χ4v) is 4.29. The monoisotopic (exact) mass is 465 g/mol. The first-order chi connectivity index (χ1) is 16.2. The van der Waals surface area contributed by atoms with Crippen LogP contribution in [0.2, 0.25) is 10.0 Å². The van der Waals surface area contributed by atoms with Crippen LogP contribution in [0.15, 0.2) is 115 Å². The van der Waals surface area contributed by atoms with Gasteiger partial charge in [-0.2, -0.15) is 0 Å². The second-order valence-electron chi connectivity index (χ2n) is 7.92. The zero-order valence-electron chi connectivity index (χ0n) is 17.9. The van der Waals surface area contributed by atoms with Crippen LogP contribution in [0, 0.1) is 0 Å². The highest BCUT2D eigenvalue weighted by Gasteiger charge is 2.17. The lowest BCUT2D eigenvalue weighted by Gasteiger charge is -2.18. The van der Waals surface area contributed by atoms with Gasteiger partial charge in [0.1, 0.15) is 0 Å². The van der Waals surface area contributed by atoms with Crippen LogP contribution in [0.1, 0.15) is 11.1 Å². The van der Waals surface area contributed by atoms with Crippen molar-refractivity contribution in [2.75, 3.05) is 0 Å². The van der Waals surface area contributed by atoms with Crippen LogP contribution in [-0.4, -0.2) is 4.98 Å². The van der Waals surface area contributed by atoms with Crippen molar-refractivity contribution in [3.63, 3.8) is 0 Å². The molecule has 0 N–H and O–H groups in total. The number of aromatic nitrogens is 1. The average molecular weight is 466 g/mol. The number of halogens is 2.